The van der Waals surface area contributed by atoms with Gasteiger partial charge in [0, 0.05) is 24.7 Å². The molecule has 0 radical (unpaired) electrons. The van der Waals surface area contributed by atoms with E-state index in [1.54, 1.807) is 13.3 Å². The molecule has 21 heavy (non-hydrogen) atoms. The van der Waals surface area contributed by atoms with E-state index in [2.05, 4.69) is 16.1 Å². The van der Waals surface area contributed by atoms with Gasteiger partial charge in [-0.05, 0) is 31.0 Å². The summed E-state index contributed by atoms with van der Waals surface area (Å²) < 4.78 is 10.4. The molecule has 0 amide bonds. The minimum Gasteiger partial charge on any atom is -0.497 e. The SMILES string of the molecule is COc1cccc([C@@H]2C[C@H](O)CN2Cc2cnoc2C)c1. The molecule has 0 bridgehead atoms. The van der Waals surface area contributed by atoms with Gasteiger partial charge >= 0.3 is 0 Å². The van der Waals surface area contributed by atoms with Crippen molar-refractivity contribution in [1.82, 2.24) is 10.1 Å². The Bertz CT molecular complexity index is 611. The molecule has 112 valence electrons. The van der Waals surface area contributed by atoms with Crippen LogP contribution in [-0.4, -0.2) is 34.9 Å². The van der Waals surface area contributed by atoms with Crippen LogP contribution >= 0.6 is 0 Å². The summed E-state index contributed by atoms with van der Waals surface area (Å²) in [7, 11) is 1.67. The summed E-state index contributed by atoms with van der Waals surface area (Å²) in [5.41, 5.74) is 2.23. The second kappa shape index (κ2) is 5.87. The molecule has 5 heteroatoms. The van der Waals surface area contributed by atoms with Crippen molar-refractivity contribution in [3.8, 4) is 5.75 Å². The number of nitrogens with zero attached hydrogens (tertiary/aromatic N) is 2. The fraction of sp³-hybridized carbons (Fsp3) is 0.438. The minimum atomic E-state index is -0.304. The van der Waals surface area contributed by atoms with E-state index >= 15 is 0 Å². The van der Waals surface area contributed by atoms with Crippen LogP contribution < -0.4 is 4.74 Å². The van der Waals surface area contributed by atoms with Crippen molar-refractivity contribution < 1.29 is 14.4 Å². The summed E-state index contributed by atoms with van der Waals surface area (Å²) in [6, 6.07) is 8.23. The molecule has 1 N–H and O–H groups in total. The zero-order valence-corrected chi connectivity index (χ0v) is 12.3. The first-order valence-corrected chi connectivity index (χ1v) is 7.13. The topological polar surface area (TPSA) is 58.7 Å². The molecule has 1 fully saturated rings. The molecule has 0 saturated carbocycles. The van der Waals surface area contributed by atoms with Crippen LogP contribution in [0.2, 0.25) is 0 Å². The molecule has 2 aromatic rings. The molecule has 2 atom stereocenters. The lowest BCUT2D eigenvalue weighted by Crippen LogP contribution is -2.24. The monoisotopic (exact) mass is 288 g/mol. The minimum absolute atomic E-state index is 0.185. The molecule has 1 aromatic carbocycles. The third-order valence-corrected chi connectivity index (χ3v) is 4.08. The predicted octanol–water partition coefficient (Wildman–Crippen LogP) is 2.30. The third kappa shape index (κ3) is 2.94. The molecule has 1 aliphatic heterocycles. The summed E-state index contributed by atoms with van der Waals surface area (Å²) in [4.78, 5) is 2.26. The fourth-order valence-corrected chi connectivity index (χ4v) is 2.94. The summed E-state index contributed by atoms with van der Waals surface area (Å²) in [6.45, 7) is 3.30. The summed E-state index contributed by atoms with van der Waals surface area (Å²) in [6.07, 6.45) is 2.18. The molecule has 3 rings (SSSR count). The van der Waals surface area contributed by atoms with Crippen LogP contribution in [0.25, 0.3) is 0 Å². The molecule has 2 heterocycles. The summed E-state index contributed by atoms with van der Waals surface area (Å²) >= 11 is 0. The maximum absolute atomic E-state index is 10.0. The molecule has 1 aromatic heterocycles. The highest BCUT2D eigenvalue weighted by Gasteiger charge is 2.32. The number of ether oxygens (including phenoxy) is 1. The summed E-state index contributed by atoms with van der Waals surface area (Å²) in [5.74, 6) is 1.68. The van der Waals surface area contributed by atoms with Gasteiger partial charge in [0.15, 0.2) is 0 Å². The van der Waals surface area contributed by atoms with Crippen LogP contribution in [0.15, 0.2) is 35.0 Å². The van der Waals surface area contributed by atoms with Crippen molar-refractivity contribution in [3.63, 3.8) is 0 Å². The van der Waals surface area contributed by atoms with Crippen LogP contribution in [-0.2, 0) is 6.54 Å². The second-order valence-corrected chi connectivity index (χ2v) is 5.52. The van der Waals surface area contributed by atoms with E-state index in [1.807, 2.05) is 25.1 Å². The molecular weight excluding hydrogens is 268 g/mol. The Hall–Kier alpha value is -1.85. The number of aliphatic hydroxyl groups is 1. The van der Waals surface area contributed by atoms with Gasteiger partial charge in [0.05, 0.1) is 19.4 Å². The number of hydrogen-bond donors (Lipinski definition) is 1. The normalized spacial score (nSPS) is 22.6. The number of β-amino-alcohol motifs (C(OH)–C–C–N with tert-alkyl or cyclic N) is 1. The Labute approximate surface area is 124 Å². The number of aromatic nitrogens is 1. The van der Waals surface area contributed by atoms with Crippen molar-refractivity contribution in [1.29, 1.82) is 0 Å². The molecular formula is C16H20N2O3. The number of aryl methyl sites for hydroxylation is 1. The van der Waals surface area contributed by atoms with E-state index in [0.29, 0.717) is 6.54 Å². The lowest BCUT2D eigenvalue weighted by molar-refractivity contribution is 0.172. The number of hydrogen-bond acceptors (Lipinski definition) is 5. The van der Waals surface area contributed by atoms with Gasteiger partial charge in [-0.25, -0.2) is 0 Å². The Morgan fingerprint density at radius 2 is 2.33 bits per heavy atom. The highest BCUT2D eigenvalue weighted by molar-refractivity contribution is 5.31. The van der Waals surface area contributed by atoms with E-state index in [9.17, 15) is 5.11 Å². The molecule has 5 nitrogen and oxygen atoms in total. The average molecular weight is 288 g/mol. The third-order valence-electron chi connectivity index (χ3n) is 4.08. The molecule has 1 saturated heterocycles. The maximum Gasteiger partial charge on any atom is 0.138 e. The van der Waals surface area contributed by atoms with Gasteiger partial charge in [0.1, 0.15) is 11.5 Å². The first-order valence-electron chi connectivity index (χ1n) is 7.13. The van der Waals surface area contributed by atoms with Crippen molar-refractivity contribution in [2.45, 2.75) is 32.0 Å². The molecule has 0 aliphatic carbocycles. The second-order valence-electron chi connectivity index (χ2n) is 5.52. The van der Waals surface area contributed by atoms with Gasteiger partial charge in [-0.1, -0.05) is 17.3 Å². The van der Waals surface area contributed by atoms with E-state index in [-0.39, 0.29) is 12.1 Å². The van der Waals surface area contributed by atoms with Gasteiger partial charge in [0.25, 0.3) is 0 Å². The van der Waals surface area contributed by atoms with Crippen LogP contribution in [0.3, 0.4) is 0 Å². The van der Waals surface area contributed by atoms with Crippen LogP contribution in [0.5, 0.6) is 5.75 Å². The molecule has 0 unspecified atom stereocenters. The largest absolute Gasteiger partial charge is 0.497 e. The number of methoxy groups -OCH3 is 1. The first-order chi connectivity index (χ1) is 10.2. The lowest BCUT2D eigenvalue weighted by atomic mass is 10.0. The Kier molecular flexibility index (Phi) is 3.94. The lowest BCUT2D eigenvalue weighted by Gasteiger charge is -2.24. The molecule has 1 aliphatic rings. The van der Waals surface area contributed by atoms with Crippen LogP contribution in [0.4, 0.5) is 0 Å². The number of rotatable bonds is 4. The van der Waals surface area contributed by atoms with E-state index < -0.39 is 0 Å². The highest BCUT2D eigenvalue weighted by Crippen LogP contribution is 2.35. The van der Waals surface area contributed by atoms with E-state index in [0.717, 1.165) is 30.0 Å². The fourth-order valence-electron chi connectivity index (χ4n) is 2.94. The van der Waals surface area contributed by atoms with Gasteiger partial charge in [-0.3, -0.25) is 4.90 Å². The van der Waals surface area contributed by atoms with E-state index in [1.165, 1.54) is 5.56 Å². The Morgan fingerprint density at radius 3 is 3.05 bits per heavy atom. The van der Waals surface area contributed by atoms with Gasteiger partial charge in [-0.15, -0.1) is 0 Å². The van der Waals surface area contributed by atoms with Crippen LogP contribution in [0.1, 0.15) is 29.3 Å². The number of benzene rings is 1. The average Bonchev–Trinajstić information content (AvgIpc) is 3.06. The molecule has 0 spiro atoms. The quantitative estimate of drug-likeness (QED) is 0.935. The van der Waals surface area contributed by atoms with Crippen molar-refractivity contribution >= 4 is 0 Å². The van der Waals surface area contributed by atoms with Crippen LogP contribution in [0, 0.1) is 6.92 Å². The smallest absolute Gasteiger partial charge is 0.138 e. The van der Waals surface area contributed by atoms with Gasteiger partial charge < -0.3 is 14.4 Å². The first kappa shape index (κ1) is 14.1. The van der Waals surface area contributed by atoms with Crippen molar-refractivity contribution in [3.05, 3.63) is 47.3 Å². The maximum atomic E-state index is 10.0. The number of likely N-dealkylation sites (tertiary alicyclic amines) is 1. The van der Waals surface area contributed by atoms with Crippen molar-refractivity contribution in [2.24, 2.45) is 0 Å². The Morgan fingerprint density at radius 1 is 1.48 bits per heavy atom. The zero-order valence-electron chi connectivity index (χ0n) is 12.3. The van der Waals surface area contributed by atoms with Gasteiger partial charge in [0.2, 0.25) is 0 Å². The van der Waals surface area contributed by atoms with Gasteiger partial charge in [-0.2, -0.15) is 0 Å². The summed E-state index contributed by atoms with van der Waals surface area (Å²) in [5, 5.41) is 13.9. The number of aliphatic hydroxyl groups excluding tert-OH is 1. The van der Waals surface area contributed by atoms with E-state index in [4.69, 9.17) is 9.26 Å². The Balaban J connectivity index is 1.83. The zero-order chi connectivity index (χ0) is 14.8. The highest BCUT2D eigenvalue weighted by atomic mass is 16.5. The standard InChI is InChI=1S/C16H20N2O3/c1-11-13(8-17-21-11)9-18-10-14(19)7-16(18)12-4-3-5-15(6-12)20-2/h3-6,8,14,16,19H,7,9-10H2,1-2H3/t14-,16-/m0/s1. The predicted molar refractivity (Wildman–Crippen MR) is 78.0 cm³/mol. The van der Waals surface area contributed by atoms with Crippen molar-refractivity contribution in [2.75, 3.05) is 13.7 Å².